The van der Waals surface area contributed by atoms with Gasteiger partial charge < -0.3 is 19.8 Å². The van der Waals surface area contributed by atoms with Gasteiger partial charge in [-0.2, -0.15) is 0 Å². The van der Waals surface area contributed by atoms with Crippen LogP contribution in [0.4, 0.5) is 0 Å². The Hall–Kier alpha value is -2.32. The lowest BCUT2D eigenvalue weighted by Gasteiger charge is -2.25. The Morgan fingerprint density at radius 3 is 1.52 bits per heavy atom. The molecule has 334 valence electrons. The van der Waals surface area contributed by atoms with Crippen LogP contribution in [0.3, 0.4) is 0 Å². The fourth-order valence-corrected chi connectivity index (χ4v) is 6.72. The molecule has 0 rings (SSSR count). The first-order valence-electron chi connectivity index (χ1n) is 23.0. The third-order valence-electron chi connectivity index (χ3n) is 9.62. The van der Waals surface area contributed by atoms with Crippen LogP contribution in [0, 0.1) is 0 Å². The smallest absolute Gasteiger partial charge is 0.387 e. The number of aliphatic hydroxyl groups is 1. The van der Waals surface area contributed by atoms with Crippen LogP contribution in [0.25, 0.3) is 0 Å². The van der Waals surface area contributed by atoms with Gasteiger partial charge in [0.2, 0.25) is 5.91 Å². The Labute approximate surface area is 356 Å². The largest absolute Gasteiger partial charge is 0.472 e. The van der Waals surface area contributed by atoms with Gasteiger partial charge in [-0.3, -0.25) is 13.8 Å². The first-order valence-corrected chi connectivity index (χ1v) is 24.5. The molecule has 0 aromatic rings. The normalized spacial score (nSPS) is 15.1. The van der Waals surface area contributed by atoms with Crippen LogP contribution in [0.2, 0.25) is 0 Å². The number of carbonyl (C=O) groups excluding carboxylic acids is 1. The zero-order chi connectivity index (χ0) is 42.8. The number of rotatable bonds is 40. The van der Waals surface area contributed by atoms with Gasteiger partial charge >= 0.3 is 7.82 Å². The zero-order valence-corrected chi connectivity index (χ0v) is 38.6. The van der Waals surface area contributed by atoms with Crippen LogP contribution >= 0.6 is 7.82 Å². The van der Waals surface area contributed by atoms with Crippen LogP contribution in [-0.4, -0.2) is 73.4 Å². The van der Waals surface area contributed by atoms with E-state index in [2.05, 4.69) is 92.1 Å². The van der Waals surface area contributed by atoms with E-state index in [-0.39, 0.29) is 19.1 Å². The van der Waals surface area contributed by atoms with Crippen LogP contribution in [0.5, 0.6) is 0 Å². The zero-order valence-electron chi connectivity index (χ0n) is 37.8. The number of quaternary nitrogens is 1. The number of hydrogen-bond acceptors (Lipinski definition) is 5. The van der Waals surface area contributed by atoms with E-state index in [1.54, 1.807) is 6.08 Å². The minimum absolute atomic E-state index is 0.0514. The summed E-state index contributed by atoms with van der Waals surface area (Å²) < 4.78 is 23.5. The lowest BCUT2D eigenvalue weighted by Crippen LogP contribution is -2.45. The number of nitrogens with one attached hydrogen (secondary N) is 1. The summed E-state index contributed by atoms with van der Waals surface area (Å²) in [6, 6.07) is -0.864. The van der Waals surface area contributed by atoms with Crippen molar-refractivity contribution in [2.45, 2.75) is 180 Å². The molecule has 3 atom stereocenters. The summed E-state index contributed by atoms with van der Waals surface area (Å²) in [6.07, 6.45) is 55.1. The first kappa shape index (κ1) is 55.7. The van der Waals surface area contributed by atoms with Crippen molar-refractivity contribution in [3.63, 3.8) is 0 Å². The van der Waals surface area contributed by atoms with Crippen molar-refractivity contribution in [3.8, 4) is 0 Å². The van der Waals surface area contributed by atoms with Crippen molar-refractivity contribution in [3.05, 3.63) is 85.1 Å². The number of unbranched alkanes of at least 4 members (excludes halogenated alkanes) is 15. The monoisotopic (exact) mass is 832 g/mol. The molecular weight excluding hydrogens is 744 g/mol. The number of hydrogen-bond donors (Lipinski definition) is 3. The van der Waals surface area contributed by atoms with E-state index in [0.717, 1.165) is 89.9 Å². The summed E-state index contributed by atoms with van der Waals surface area (Å²) in [4.78, 5) is 23.1. The highest BCUT2D eigenvalue weighted by molar-refractivity contribution is 7.47. The Morgan fingerprint density at radius 1 is 0.603 bits per heavy atom. The molecule has 58 heavy (non-hydrogen) atoms. The van der Waals surface area contributed by atoms with E-state index < -0.39 is 20.0 Å². The molecule has 3 N–H and O–H groups in total. The number of likely N-dealkylation sites (N-methyl/N-ethyl adjacent to an activating group) is 1. The van der Waals surface area contributed by atoms with Crippen molar-refractivity contribution in [2.75, 3.05) is 40.9 Å². The molecule has 0 fully saturated rings. The van der Waals surface area contributed by atoms with Crippen LogP contribution in [0.15, 0.2) is 85.1 Å². The fraction of sp³-hybridized carbons (Fsp3) is 0.694. The Kier molecular flexibility index (Phi) is 38.5. The number of allylic oxidation sites excluding steroid dienone is 13. The number of phosphoric ester groups is 1. The molecule has 0 spiro atoms. The molecular formula is C49H88N2O6P+. The van der Waals surface area contributed by atoms with E-state index in [0.29, 0.717) is 17.4 Å². The molecule has 0 aromatic carbocycles. The standard InChI is InChI=1S/C49H87N2O6P/c1-6-8-10-12-14-16-18-20-21-22-23-24-25-26-27-28-29-31-33-35-37-39-41-43-49(53)50-47(46-57-58(54,55)56-45-44-51(3,4)5)48(52)42-40-38-36-34-32-30-19-17-15-13-11-9-7-2/h8,10,14,16,20-21,23-24,26-27,29,31,40,42,47-48,52H,6-7,9,11-13,15,17-19,22,25,28,30,32-39,41,43-46H2,1-5H3,(H-,50,53,54,55)/p+1/b10-8-,16-14-,21-20-,24-23-,27-26-,31-29-,42-40+. The van der Waals surface area contributed by atoms with Crippen molar-refractivity contribution in [1.29, 1.82) is 0 Å². The van der Waals surface area contributed by atoms with Gasteiger partial charge in [-0.05, 0) is 70.6 Å². The maximum atomic E-state index is 12.9. The fourth-order valence-electron chi connectivity index (χ4n) is 5.98. The summed E-state index contributed by atoms with van der Waals surface area (Å²) >= 11 is 0. The number of carbonyl (C=O) groups is 1. The maximum Gasteiger partial charge on any atom is 0.472 e. The molecule has 0 aliphatic heterocycles. The predicted molar refractivity (Wildman–Crippen MR) is 249 cm³/mol. The second-order valence-corrected chi connectivity index (χ2v) is 17.9. The van der Waals surface area contributed by atoms with Gasteiger partial charge in [-0.1, -0.05) is 176 Å². The number of phosphoric acid groups is 1. The van der Waals surface area contributed by atoms with Gasteiger partial charge in [0.05, 0.1) is 39.9 Å². The highest BCUT2D eigenvalue weighted by Crippen LogP contribution is 2.43. The first-order chi connectivity index (χ1) is 28.0. The third-order valence-corrected chi connectivity index (χ3v) is 10.6. The lowest BCUT2D eigenvalue weighted by atomic mass is 10.0. The van der Waals surface area contributed by atoms with Gasteiger partial charge in [0, 0.05) is 6.42 Å². The van der Waals surface area contributed by atoms with E-state index in [4.69, 9.17) is 9.05 Å². The Bertz CT molecular complexity index is 1220. The molecule has 0 radical (unpaired) electrons. The minimum Gasteiger partial charge on any atom is -0.387 e. The quantitative estimate of drug-likeness (QED) is 0.0246. The number of amides is 1. The van der Waals surface area contributed by atoms with E-state index in [9.17, 15) is 19.4 Å². The van der Waals surface area contributed by atoms with Crippen molar-refractivity contribution in [2.24, 2.45) is 0 Å². The number of nitrogens with zero attached hydrogens (tertiary/aromatic N) is 1. The highest BCUT2D eigenvalue weighted by atomic mass is 31.2. The Balaban J connectivity index is 4.44. The molecule has 1 amide bonds. The summed E-state index contributed by atoms with van der Waals surface area (Å²) in [7, 11) is 1.54. The average Bonchev–Trinajstić information content (AvgIpc) is 3.17. The second-order valence-electron chi connectivity index (χ2n) is 16.4. The second kappa shape index (κ2) is 40.1. The van der Waals surface area contributed by atoms with Gasteiger partial charge in [0.25, 0.3) is 0 Å². The van der Waals surface area contributed by atoms with Gasteiger partial charge in [-0.15, -0.1) is 0 Å². The average molecular weight is 832 g/mol. The molecule has 8 nitrogen and oxygen atoms in total. The van der Waals surface area contributed by atoms with E-state index in [1.165, 1.54) is 57.8 Å². The summed E-state index contributed by atoms with van der Waals surface area (Å²) in [5.41, 5.74) is 0. The SMILES string of the molecule is CC/C=C\C/C=C\C/C=C\C/C=C\C/C=C\C/C=C\CCCCCCC(=O)NC(COP(=O)(O)OCC[N+](C)(C)C)C(O)/C=C/CCCCCCCCCCCCC. The maximum absolute atomic E-state index is 12.9. The molecule has 0 aromatic heterocycles. The highest BCUT2D eigenvalue weighted by Gasteiger charge is 2.27. The summed E-state index contributed by atoms with van der Waals surface area (Å²) in [5.74, 6) is -0.206. The van der Waals surface area contributed by atoms with E-state index >= 15 is 0 Å². The van der Waals surface area contributed by atoms with Crippen LogP contribution < -0.4 is 5.32 Å². The van der Waals surface area contributed by atoms with Crippen molar-refractivity contribution < 1.29 is 32.9 Å². The predicted octanol–water partition coefficient (Wildman–Crippen LogP) is 13.0. The lowest BCUT2D eigenvalue weighted by molar-refractivity contribution is -0.870. The van der Waals surface area contributed by atoms with Crippen molar-refractivity contribution in [1.82, 2.24) is 5.32 Å². The molecule has 0 bridgehead atoms. The minimum atomic E-state index is -4.35. The van der Waals surface area contributed by atoms with Crippen molar-refractivity contribution >= 4 is 13.7 Å². The van der Waals surface area contributed by atoms with Gasteiger partial charge in [0.15, 0.2) is 0 Å². The molecule has 3 unspecified atom stereocenters. The van der Waals surface area contributed by atoms with Gasteiger partial charge in [0.1, 0.15) is 13.2 Å². The molecule has 9 heteroatoms. The third kappa shape index (κ3) is 41.8. The van der Waals surface area contributed by atoms with Crippen LogP contribution in [0.1, 0.15) is 168 Å². The molecule has 0 heterocycles. The molecule has 0 aliphatic carbocycles. The summed E-state index contributed by atoms with van der Waals surface area (Å²) in [5, 5.41) is 13.8. The van der Waals surface area contributed by atoms with E-state index in [1.807, 2.05) is 27.2 Å². The molecule has 0 saturated carbocycles. The molecule has 0 aliphatic rings. The Morgan fingerprint density at radius 2 is 1.03 bits per heavy atom. The summed E-state index contributed by atoms with van der Waals surface area (Å²) in [6.45, 7) is 4.65. The topological polar surface area (TPSA) is 105 Å². The number of aliphatic hydroxyl groups excluding tert-OH is 1. The van der Waals surface area contributed by atoms with Gasteiger partial charge in [-0.25, -0.2) is 4.57 Å². The van der Waals surface area contributed by atoms with Crippen LogP contribution in [-0.2, 0) is 18.4 Å². The molecule has 0 saturated heterocycles.